The lowest BCUT2D eigenvalue weighted by Gasteiger charge is -1.96. The second kappa shape index (κ2) is 4.04. The predicted molar refractivity (Wildman–Crippen MR) is 68.3 cm³/mol. The molecule has 2 aromatic rings. The molecule has 1 aliphatic heterocycles. The Morgan fingerprint density at radius 2 is 1.67 bits per heavy atom. The van der Waals surface area contributed by atoms with E-state index in [4.69, 9.17) is 10.5 Å². The highest BCUT2D eigenvalue weighted by molar-refractivity contribution is 5.92. The number of benzene rings is 2. The molecule has 3 rings (SSSR count). The summed E-state index contributed by atoms with van der Waals surface area (Å²) in [6, 6.07) is 13.3. The molecule has 2 aromatic carbocycles. The molecule has 0 bridgehead atoms. The molecule has 3 nitrogen and oxygen atoms in total. The second-order valence-electron chi connectivity index (χ2n) is 4.13. The van der Waals surface area contributed by atoms with Crippen molar-refractivity contribution in [2.45, 2.75) is 0 Å². The van der Waals surface area contributed by atoms with Gasteiger partial charge < -0.3 is 10.5 Å². The predicted octanol–water partition coefficient (Wildman–Crippen LogP) is 0.579. The number of ether oxygens (including phenoxy) is 1. The quantitative estimate of drug-likeness (QED) is 0.788. The number of hydrogen-bond donors (Lipinski definition) is 1. The average molecular weight is 237 g/mol. The maximum Gasteiger partial charge on any atom is 0.248 e. The van der Waals surface area contributed by atoms with Crippen LogP contribution in [0.3, 0.4) is 0 Å². The van der Waals surface area contributed by atoms with E-state index in [1.54, 1.807) is 24.7 Å². The zero-order valence-corrected chi connectivity index (χ0v) is 9.59. The number of hydrogen-bond acceptors (Lipinski definition) is 2. The van der Waals surface area contributed by atoms with Gasteiger partial charge in [-0.25, -0.2) is 0 Å². The van der Waals surface area contributed by atoms with Crippen molar-refractivity contribution in [3.63, 3.8) is 0 Å². The van der Waals surface area contributed by atoms with E-state index in [1.807, 2.05) is 30.3 Å². The Bertz CT molecular complexity index is 838. The first-order valence-electron chi connectivity index (χ1n) is 5.61. The van der Waals surface area contributed by atoms with E-state index in [1.165, 1.54) is 0 Å². The Morgan fingerprint density at radius 3 is 2.50 bits per heavy atom. The molecule has 0 fully saturated rings. The zero-order valence-electron chi connectivity index (χ0n) is 9.59. The van der Waals surface area contributed by atoms with Gasteiger partial charge in [-0.2, -0.15) is 0 Å². The molecule has 88 valence electrons. The topological polar surface area (TPSA) is 52.3 Å². The number of nitrogens with two attached hydrogens (primary N) is 1. The zero-order chi connectivity index (χ0) is 12.5. The van der Waals surface area contributed by atoms with E-state index in [2.05, 4.69) is 0 Å². The third-order valence-electron chi connectivity index (χ3n) is 2.98. The average Bonchev–Trinajstić information content (AvgIpc) is 2.57. The van der Waals surface area contributed by atoms with Gasteiger partial charge in [0.15, 0.2) is 0 Å². The summed E-state index contributed by atoms with van der Waals surface area (Å²) < 4.78 is 5.38. The maximum atomic E-state index is 11.2. The minimum atomic E-state index is -0.437. The lowest BCUT2D eigenvalue weighted by molar-refractivity contribution is 0.1000. The highest BCUT2D eigenvalue weighted by atomic mass is 16.5. The van der Waals surface area contributed by atoms with Crippen LogP contribution in [0.1, 0.15) is 10.4 Å². The van der Waals surface area contributed by atoms with Gasteiger partial charge >= 0.3 is 0 Å². The van der Waals surface area contributed by atoms with Crippen LogP contribution in [0.5, 0.6) is 0 Å². The third kappa shape index (κ3) is 1.66. The minimum absolute atomic E-state index is 0.437. The maximum absolute atomic E-state index is 11.2. The Morgan fingerprint density at radius 1 is 0.944 bits per heavy atom. The van der Waals surface area contributed by atoms with Crippen LogP contribution in [0.4, 0.5) is 0 Å². The first-order valence-corrected chi connectivity index (χ1v) is 5.61. The summed E-state index contributed by atoms with van der Waals surface area (Å²) in [7, 11) is 0. The highest BCUT2D eigenvalue weighted by Crippen LogP contribution is 1.98. The summed E-state index contributed by atoms with van der Waals surface area (Å²) in [6.45, 7) is 0. The Labute approximate surface area is 103 Å². The van der Waals surface area contributed by atoms with Crippen LogP contribution in [-0.2, 0) is 4.74 Å². The van der Waals surface area contributed by atoms with E-state index in [0.29, 0.717) is 5.56 Å². The molecular formula is C15H11NO2. The highest BCUT2D eigenvalue weighted by Gasteiger charge is 2.01. The van der Waals surface area contributed by atoms with Crippen LogP contribution in [-0.4, -0.2) is 5.91 Å². The number of amides is 1. The van der Waals surface area contributed by atoms with Crippen molar-refractivity contribution in [1.82, 2.24) is 0 Å². The van der Waals surface area contributed by atoms with Gasteiger partial charge in [-0.1, -0.05) is 30.3 Å². The van der Waals surface area contributed by atoms with Crippen LogP contribution in [0, 0.1) is 10.4 Å². The minimum Gasteiger partial charge on any atom is -0.471 e. The smallest absolute Gasteiger partial charge is 0.248 e. The van der Waals surface area contributed by atoms with Crippen molar-refractivity contribution in [1.29, 1.82) is 0 Å². The van der Waals surface area contributed by atoms with Gasteiger partial charge in [0.2, 0.25) is 5.91 Å². The number of primary amides is 1. The molecule has 0 spiro atoms. The number of carbonyl (C=O) groups excluding carboxylic acids is 1. The number of rotatable bonds is 1. The standard InChI is InChI=1S/C15H11NO2/c16-15(17)10-5-6-14-12(7-10)9-18-8-11-3-1-2-4-13(11)14/h1-9H,(H2,16,17). The van der Waals surface area contributed by atoms with E-state index in [0.717, 1.165) is 20.9 Å². The fourth-order valence-electron chi connectivity index (χ4n) is 2.08. The summed E-state index contributed by atoms with van der Waals surface area (Å²) in [4.78, 5) is 11.2. The lowest BCUT2D eigenvalue weighted by Crippen LogP contribution is -2.15. The molecule has 0 saturated heterocycles. The summed E-state index contributed by atoms with van der Waals surface area (Å²) in [5.74, 6) is -0.437. The molecule has 0 unspecified atom stereocenters. The first kappa shape index (κ1) is 10.6. The van der Waals surface area contributed by atoms with Crippen molar-refractivity contribution >= 4 is 18.4 Å². The molecule has 0 radical (unpaired) electrons. The van der Waals surface area contributed by atoms with Gasteiger partial charge in [0.05, 0.1) is 12.5 Å². The molecule has 2 N–H and O–H groups in total. The van der Waals surface area contributed by atoms with Gasteiger partial charge in [0.25, 0.3) is 0 Å². The van der Waals surface area contributed by atoms with Gasteiger partial charge in [0.1, 0.15) is 0 Å². The fourth-order valence-corrected chi connectivity index (χ4v) is 2.08. The van der Waals surface area contributed by atoms with Crippen molar-refractivity contribution in [3.8, 4) is 0 Å². The summed E-state index contributed by atoms with van der Waals surface area (Å²) in [5.41, 5.74) is 5.76. The van der Waals surface area contributed by atoms with Crippen molar-refractivity contribution in [2.24, 2.45) is 5.73 Å². The number of fused-ring (bicyclic) bond motifs is 2. The van der Waals surface area contributed by atoms with Gasteiger partial charge in [-0.3, -0.25) is 4.79 Å². The molecule has 18 heavy (non-hydrogen) atoms. The Hall–Kier alpha value is -2.55. The van der Waals surface area contributed by atoms with Gasteiger partial charge in [0, 0.05) is 16.0 Å². The molecular weight excluding hydrogens is 226 g/mol. The van der Waals surface area contributed by atoms with Gasteiger partial charge in [-0.05, 0) is 22.6 Å². The third-order valence-corrected chi connectivity index (χ3v) is 2.98. The fraction of sp³-hybridized carbons (Fsp3) is 0. The van der Waals surface area contributed by atoms with Crippen molar-refractivity contribution in [3.05, 3.63) is 68.9 Å². The van der Waals surface area contributed by atoms with Crippen LogP contribution in [0.25, 0.3) is 12.5 Å². The molecule has 0 aliphatic carbocycles. The van der Waals surface area contributed by atoms with E-state index in [9.17, 15) is 4.79 Å². The van der Waals surface area contributed by atoms with Crippen LogP contribution in [0.2, 0.25) is 0 Å². The Balaban J connectivity index is 2.53. The molecule has 0 saturated carbocycles. The summed E-state index contributed by atoms with van der Waals surface area (Å²) in [6.07, 6.45) is 3.32. The molecule has 1 amide bonds. The van der Waals surface area contributed by atoms with Crippen molar-refractivity contribution < 1.29 is 9.53 Å². The van der Waals surface area contributed by atoms with Crippen LogP contribution >= 0.6 is 0 Å². The van der Waals surface area contributed by atoms with E-state index < -0.39 is 5.91 Å². The van der Waals surface area contributed by atoms with E-state index >= 15 is 0 Å². The van der Waals surface area contributed by atoms with Crippen molar-refractivity contribution in [2.75, 3.05) is 0 Å². The lowest BCUT2D eigenvalue weighted by atomic mass is 10.1. The SMILES string of the molecule is NC(=O)c1ccc2c(c1)=COC=c1ccccc1=2. The monoisotopic (exact) mass is 237 g/mol. The normalized spacial score (nSPS) is 12.0. The molecule has 0 aromatic heterocycles. The van der Waals surface area contributed by atoms with E-state index in [-0.39, 0.29) is 0 Å². The molecule has 1 aliphatic rings. The molecule has 3 heteroatoms. The first-order chi connectivity index (χ1) is 8.75. The molecule has 0 atom stereocenters. The Kier molecular flexibility index (Phi) is 2.38. The summed E-state index contributed by atoms with van der Waals surface area (Å²) in [5, 5.41) is 3.98. The number of carbonyl (C=O) groups is 1. The second-order valence-corrected chi connectivity index (χ2v) is 4.13. The largest absolute Gasteiger partial charge is 0.471 e. The van der Waals surface area contributed by atoms with Gasteiger partial charge in [-0.15, -0.1) is 0 Å². The van der Waals surface area contributed by atoms with Crippen LogP contribution < -0.4 is 16.2 Å². The van der Waals surface area contributed by atoms with Crippen LogP contribution in [0.15, 0.2) is 42.5 Å². The molecule has 1 heterocycles. The summed E-state index contributed by atoms with van der Waals surface area (Å²) >= 11 is 0.